The van der Waals surface area contributed by atoms with Crippen LogP contribution in [0.2, 0.25) is 0 Å². The van der Waals surface area contributed by atoms with E-state index >= 15 is 0 Å². The van der Waals surface area contributed by atoms with Gasteiger partial charge in [0.05, 0.1) is 7.05 Å². The maximum atomic E-state index is 12.2. The minimum atomic E-state index is -0.276. The maximum absolute atomic E-state index is 12.2. The molecule has 0 unspecified atom stereocenters. The minimum absolute atomic E-state index is 0.237. The molecule has 0 aliphatic rings. The molecular weight excluding hydrogens is 324 g/mol. The normalized spacial score (nSPS) is 10.7. The number of aryl methyl sites for hydroxylation is 2. The number of carbonyl (C=O) groups excluding carboxylic acids is 1. The van der Waals surface area contributed by atoms with E-state index in [1.165, 1.54) is 9.70 Å². The second-order valence-electron chi connectivity index (χ2n) is 5.41. The van der Waals surface area contributed by atoms with Crippen molar-refractivity contribution in [2.75, 3.05) is 12.4 Å². The molecule has 0 aliphatic heterocycles. The Labute approximate surface area is 143 Å². The topological polar surface area (TPSA) is 115 Å². The molecule has 10 heteroatoms. The van der Waals surface area contributed by atoms with Gasteiger partial charge in [0.25, 0.3) is 0 Å². The number of hydrogen-bond acceptors (Lipinski definition) is 7. The van der Waals surface area contributed by atoms with Gasteiger partial charge in [-0.1, -0.05) is 6.92 Å². The fourth-order valence-corrected chi connectivity index (χ4v) is 2.09. The van der Waals surface area contributed by atoms with Gasteiger partial charge in [0, 0.05) is 24.7 Å². The van der Waals surface area contributed by atoms with Crippen LogP contribution in [0.5, 0.6) is 0 Å². The molecule has 25 heavy (non-hydrogen) atoms. The van der Waals surface area contributed by atoms with Crippen molar-refractivity contribution in [2.24, 2.45) is 7.05 Å². The lowest BCUT2D eigenvalue weighted by atomic mass is 10.2. The van der Waals surface area contributed by atoms with Crippen LogP contribution in [0.3, 0.4) is 0 Å². The molecule has 0 aliphatic carbocycles. The van der Waals surface area contributed by atoms with Crippen molar-refractivity contribution < 1.29 is 9.21 Å². The van der Waals surface area contributed by atoms with Gasteiger partial charge < -0.3 is 14.6 Å². The van der Waals surface area contributed by atoms with Crippen LogP contribution >= 0.6 is 0 Å². The van der Waals surface area contributed by atoms with Gasteiger partial charge in [-0.2, -0.15) is 4.80 Å². The van der Waals surface area contributed by atoms with Gasteiger partial charge >= 0.3 is 6.03 Å². The van der Waals surface area contributed by atoms with Crippen LogP contribution in [-0.2, 0) is 20.0 Å². The van der Waals surface area contributed by atoms with Crippen molar-refractivity contribution in [3.8, 4) is 11.4 Å². The van der Waals surface area contributed by atoms with E-state index in [2.05, 4.69) is 30.9 Å². The summed E-state index contributed by atoms with van der Waals surface area (Å²) < 4.78 is 5.40. The largest absolute Gasteiger partial charge is 0.423 e. The molecule has 0 saturated heterocycles. The number of nitrogens with zero attached hydrogens (tertiary/aromatic N) is 7. The first-order valence-electron chi connectivity index (χ1n) is 7.73. The highest BCUT2D eigenvalue weighted by Gasteiger charge is 2.14. The van der Waals surface area contributed by atoms with Crippen LogP contribution < -0.4 is 5.32 Å². The highest BCUT2D eigenvalue weighted by Crippen LogP contribution is 2.17. The molecule has 0 fully saturated rings. The molecule has 1 aromatic carbocycles. The van der Waals surface area contributed by atoms with Crippen molar-refractivity contribution in [1.29, 1.82) is 0 Å². The van der Waals surface area contributed by atoms with E-state index in [9.17, 15) is 4.79 Å². The SMILES string of the molecule is CCc1nnc(CN(C)C(=O)Nc2ccc(-c3nnn(C)n3)cc2)o1. The van der Waals surface area contributed by atoms with Gasteiger partial charge in [0.1, 0.15) is 6.54 Å². The lowest BCUT2D eigenvalue weighted by Crippen LogP contribution is -2.30. The number of carbonyl (C=O) groups is 1. The van der Waals surface area contributed by atoms with E-state index in [0.29, 0.717) is 29.7 Å². The zero-order valence-electron chi connectivity index (χ0n) is 14.2. The van der Waals surface area contributed by atoms with Crippen LogP contribution in [0.4, 0.5) is 10.5 Å². The predicted octanol–water partition coefficient (Wildman–Crippen LogP) is 1.49. The van der Waals surface area contributed by atoms with Crippen LogP contribution in [-0.4, -0.2) is 48.4 Å². The molecule has 1 N–H and O–H groups in total. The molecular formula is C15H18N8O2. The molecule has 0 radical (unpaired) electrons. The van der Waals surface area contributed by atoms with Crippen LogP contribution in [0.25, 0.3) is 11.4 Å². The van der Waals surface area contributed by atoms with Gasteiger partial charge in [-0.3, -0.25) is 0 Å². The molecule has 0 spiro atoms. The number of nitrogens with one attached hydrogen (secondary N) is 1. The fraction of sp³-hybridized carbons (Fsp3) is 0.333. The Morgan fingerprint density at radius 1 is 1.20 bits per heavy atom. The van der Waals surface area contributed by atoms with Crippen LogP contribution in [0, 0.1) is 0 Å². The molecule has 0 bridgehead atoms. The number of aromatic nitrogens is 6. The van der Waals surface area contributed by atoms with E-state index in [1.807, 2.05) is 19.1 Å². The second-order valence-corrected chi connectivity index (χ2v) is 5.41. The predicted molar refractivity (Wildman–Crippen MR) is 88.4 cm³/mol. The van der Waals surface area contributed by atoms with Gasteiger partial charge in [-0.25, -0.2) is 4.79 Å². The summed E-state index contributed by atoms with van der Waals surface area (Å²) >= 11 is 0. The summed E-state index contributed by atoms with van der Waals surface area (Å²) in [5.74, 6) is 1.48. The molecule has 10 nitrogen and oxygen atoms in total. The maximum Gasteiger partial charge on any atom is 0.322 e. The summed E-state index contributed by atoms with van der Waals surface area (Å²) in [5, 5.41) is 22.5. The Balaban J connectivity index is 1.60. The zero-order valence-corrected chi connectivity index (χ0v) is 14.2. The third-order valence-electron chi connectivity index (χ3n) is 3.43. The number of amides is 2. The van der Waals surface area contributed by atoms with Gasteiger partial charge in [0.15, 0.2) is 0 Å². The molecule has 0 saturated carbocycles. The summed E-state index contributed by atoms with van der Waals surface area (Å²) in [6.45, 7) is 2.16. The third kappa shape index (κ3) is 3.97. The Hall–Kier alpha value is -3.30. The van der Waals surface area contributed by atoms with Gasteiger partial charge in [0.2, 0.25) is 17.6 Å². The monoisotopic (exact) mass is 342 g/mol. The molecule has 2 aromatic heterocycles. The number of hydrogen-bond donors (Lipinski definition) is 1. The first kappa shape index (κ1) is 16.6. The average Bonchev–Trinajstić information content (AvgIpc) is 3.24. The Kier molecular flexibility index (Phi) is 4.68. The second kappa shape index (κ2) is 7.07. The van der Waals surface area contributed by atoms with Crippen molar-refractivity contribution in [3.63, 3.8) is 0 Å². The van der Waals surface area contributed by atoms with E-state index in [-0.39, 0.29) is 12.6 Å². The Bertz CT molecular complexity index is 855. The zero-order chi connectivity index (χ0) is 17.8. The molecule has 3 rings (SSSR count). The summed E-state index contributed by atoms with van der Waals surface area (Å²) in [6, 6.07) is 6.91. The molecule has 2 heterocycles. The molecule has 0 atom stereocenters. The van der Waals surface area contributed by atoms with E-state index in [0.717, 1.165) is 5.56 Å². The quantitative estimate of drug-likeness (QED) is 0.747. The summed E-state index contributed by atoms with van der Waals surface area (Å²) in [5.41, 5.74) is 1.47. The number of rotatable bonds is 5. The first-order chi connectivity index (χ1) is 12.0. The number of tetrazole rings is 1. The van der Waals surface area contributed by atoms with Crippen LogP contribution in [0.1, 0.15) is 18.7 Å². The number of anilines is 1. The van der Waals surface area contributed by atoms with Crippen molar-refractivity contribution in [1.82, 2.24) is 35.3 Å². The van der Waals surface area contributed by atoms with Crippen LogP contribution in [0.15, 0.2) is 28.7 Å². The Morgan fingerprint density at radius 3 is 2.52 bits per heavy atom. The summed E-state index contributed by atoms with van der Waals surface area (Å²) in [7, 11) is 3.36. The number of urea groups is 1. The first-order valence-corrected chi connectivity index (χ1v) is 7.73. The van der Waals surface area contributed by atoms with E-state index in [4.69, 9.17) is 4.42 Å². The molecule has 2 amide bonds. The van der Waals surface area contributed by atoms with E-state index < -0.39 is 0 Å². The summed E-state index contributed by atoms with van der Waals surface area (Å²) in [4.78, 5) is 15.1. The lowest BCUT2D eigenvalue weighted by Gasteiger charge is -2.16. The van der Waals surface area contributed by atoms with Crippen molar-refractivity contribution in [2.45, 2.75) is 19.9 Å². The van der Waals surface area contributed by atoms with E-state index in [1.54, 1.807) is 26.2 Å². The lowest BCUT2D eigenvalue weighted by molar-refractivity contribution is 0.215. The summed E-state index contributed by atoms with van der Waals surface area (Å²) in [6.07, 6.45) is 0.663. The minimum Gasteiger partial charge on any atom is -0.423 e. The molecule has 130 valence electrons. The average molecular weight is 342 g/mol. The van der Waals surface area contributed by atoms with Crippen molar-refractivity contribution in [3.05, 3.63) is 36.0 Å². The smallest absolute Gasteiger partial charge is 0.322 e. The van der Waals surface area contributed by atoms with Gasteiger partial charge in [-0.05, 0) is 29.5 Å². The third-order valence-corrected chi connectivity index (χ3v) is 3.43. The molecule has 3 aromatic rings. The van der Waals surface area contributed by atoms with Gasteiger partial charge in [-0.15, -0.1) is 20.4 Å². The standard InChI is InChI=1S/C15H18N8O2/c1-4-12-17-18-13(25-12)9-22(2)15(24)16-11-7-5-10(6-8-11)14-19-21-23(3)20-14/h5-8H,4,9H2,1-3H3,(H,16,24). The fourth-order valence-electron chi connectivity index (χ4n) is 2.09. The number of benzene rings is 1. The Morgan fingerprint density at radius 2 is 1.92 bits per heavy atom. The van der Waals surface area contributed by atoms with Crippen molar-refractivity contribution >= 4 is 11.7 Å². The highest BCUT2D eigenvalue weighted by atomic mass is 16.4. The highest BCUT2D eigenvalue weighted by molar-refractivity contribution is 5.89.